The van der Waals surface area contributed by atoms with E-state index in [4.69, 9.17) is 9.15 Å². The number of carbonyl (C=O) groups excluding carboxylic acids is 2. The molecule has 0 aromatic carbocycles. The number of rotatable bonds is 8. The SMILES string of the molecule is CCC(C)(CC(C)C(=O)NC(C)C)C(=O)OCc1ccco1. The number of nitrogens with one attached hydrogen (secondary N) is 1. The van der Waals surface area contributed by atoms with E-state index in [0.29, 0.717) is 18.6 Å². The molecule has 22 heavy (non-hydrogen) atoms. The van der Waals surface area contributed by atoms with Crippen LogP contribution in [0.1, 0.15) is 53.2 Å². The molecule has 0 aliphatic heterocycles. The van der Waals surface area contributed by atoms with Gasteiger partial charge in [0.05, 0.1) is 11.7 Å². The van der Waals surface area contributed by atoms with E-state index < -0.39 is 5.41 Å². The molecule has 1 N–H and O–H groups in total. The van der Waals surface area contributed by atoms with Crippen molar-refractivity contribution >= 4 is 11.9 Å². The van der Waals surface area contributed by atoms with Gasteiger partial charge in [-0.15, -0.1) is 0 Å². The third-order valence-electron chi connectivity index (χ3n) is 3.83. The molecule has 1 aromatic rings. The zero-order valence-electron chi connectivity index (χ0n) is 14.1. The number of hydrogen-bond acceptors (Lipinski definition) is 4. The molecule has 1 heterocycles. The van der Waals surface area contributed by atoms with E-state index in [0.717, 1.165) is 0 Å². The topological polar surface area (TPSA) is 68.5 Å². The monoisotopic (exact) mass is 309 g/mol. The maximum atomic E-state index is 12.4. The molecule has 0 spiro atoms. The molecule has 2 unspecified atom stereocenters. The Morgan fingerprint density at radius 2 is 2.05 bits per heavy atom. The average molecular weight is 309 g/mol. The van der Waals surface area contributed by atoms with Crippen LogP contribution in [0.2, 0.25) is 0 Å². The molecule has 0 saturated heterocycles. The van der Waals surface area contributed by atoms with Crippen molar-refractivity contribution in [1.82, 2.24) is 5.32 Å². The van der Waals surface area contributed by atoms with Gasteiger partial charge in [-0.05, 0) is 45.7 Å². The number of hydrogen-bond donors (Lipinski definition) is 1. The van der Waals surface area contributed by atoms with Gasteiger partial charge in [-0.3, -0.25) is 9.59 Å². The Labute approximate surface area is 132 Å². The van der Waals surface area contributed by atoms with E-state index in [9.17, 15) is 9.59 Å². The van der Waals surface area contributed by atoms with Crippen molar-refractivity contribution in [3.05, 3.63) is 24.2 Å². The second kappa shape index (κ2) is 8.01. The summed E-state index contributed by atoms with van der Waals surface area (Å²) in [6.07, 6.45) is 2.61. The van der Waals surface area contributed by atoms with Crippen molar-refractivity contribution in [3.63, 3.8) is 0 Å². The van der Waals surface area contributed by atoms with Gasteiger partial charge in [-0.2, -0.15) is 0 Å². The van der Waals surface area contributed by atoms with Gasteiger partial charge in [0.15, 0.2) is 0 Å². The Kier molecular flexibility index (Phi) is 6.65. The van der Waals surface area contributed by atoms with E-state index in [1.165, 1.54) is 0 Å². The van der Waals surface area contributed by atoms with Gasteiger partial charge < -0.3 is 14.5 Å². The highest BCUT2D eigenvalue weighted by Crippen LogP contribution is 2.32. The minimum absolute atomic E-state index is 0.0338. The first-order valence-electron chi connectivity index (χ1n) is 7.78. The minimum atomic E-state index is -0.680. The number of ether oxygens (including phenoxy) is 1. The molecular formula is C17H27NO4. The highest BCUT2D eigenvalue weighted by molar-refractivity contribution is 5.81. The van der Waals surface area contributed by atoms with E-state index in [1.54, 1.807) is 18.4 Å². The predicted octanol–water partition coefficient (Wildman–Crippen LogP) is 3.29. The summed E-state index contributed by atoms with van der Waals surface area (Å²) in [5, 5.41) is 2.88. The van der Waals surface area contributed by atoms with E-state index in [2.05, 4.69) is 5.32 Å². The molecular weight excluding hydrogens is 282 g/mol. The van der Waals surface area contributed by atoms with Crippen LogP contribution in [0.5, 0.6) is 0 Å². The van der Waals surface area contributed by atoms with Gasteiger partial charge >= 0.3 is 5.97 Å². The molecule has 5 nitrogen and oxygen atoms in total. The fraction of sp³-hybridized carbons (Fsp3) is 0.647. The zero-order chi connectivity index (χ0) is 16.8. The molecule has 5 heteroatoms. The molecule has 0 radical (unpaired) electrons. The number of esters is 1. The smallest absolute Gasteiger partial charge is 0.312 e. The summed E-state index contributed by atoms with van der Waals surface area (Å²) >= 11 is 0. The Hall–Kier alpha value is -1.78. The van der Waals surface area contributed by atoms with Crippen LogP contribution in [0.15, 0.2) is 22.8 Å². The van der Waals surface area contributed by atoms with Crippen molar-refractivity contribution < 1.29 is 18.7 Å². The standard InChI is InChI=1S/C17H27NO4/c1-6-17(5,10-13(4)15(19)18-12(2)3)16(20)22-11-14-8-7-9-21-14/h7-9,12-13H,6,10-11H2,1-5H3,(H,18,19). The Bertz CT molecular complexity index is 481. The van der Waals surface area contributed by atoms with Crippen molar-refractivity contribution in [2.45, 2.75) is 60.1 Å². The molecule has 2 atom stereocenters. The van der Waals surface area contributed by atoms with Crippen LogP contribution in [0.4, 0.5) is 0 Å². The molecule has 0 bridgehead atoms. The lowest BCUT2D eigenvalue weighted by molar-refractivity contribution is -0.158. The molecule has 1 aromatic heterocycles. The molecule has 1 rings (SSSR count). The van der Waals surface area contributed by atoms with Crippen molar-refractivity contribution in [2.24, 2.45) is 11.3 Å². The normalized spacial score (nSPS) is 15.2. The van der Waals surface area contributed by atoms with E-state index in [-0.39, 0.29) is 30.4 Å². The van der Waals surface area contributed by atoms with Crippen molar-refractivity contribution in [1.29, 1.82) is 0 Å². The van der Waals surface area contributed by atoms with Gasteiger partial charge in [0.1, 0.15) is 12.4 Å². The van der Waals surface area contributed by atoms with Crippen LogP contribution < -0.4 is 5.32 Å². The van der Waals surface area contributed by atoms with Crippen LogP contribution >= 0.6 is 0 Å². The van der Waals surface area contributed by atoms with E-state index in [1.807, 2.05) is 34.6 Å². The fourth-order valence-corrected chi connectivity index (χ4v) is 2.27. The van der Waals surface area contributed by atoms with Crippen LogP contribution in [0.25, 0.3) is 0 Å². The lowest BCUT2D eigenvalue weighted by Gasteiger charge is -2.28. The molecule has 0 saturated carbocycles. The average Bonchev–Trinajstić information content (AvgIpc) is 2.96. The van der Waals surface area contributed by atoms with Crippen molar-refractivity contribution in [3.8, 4) is 0 Å². The Morgan fingerprint density at radius 1 is 1.36 bits per heavy atom. The maximum Gasteiger partial charge on any atom is 0.312 e. The van der Waals surface area contributed by atoms with Gasteiger partial charge in [0.2, 0.25) is 5.91 Å². The third-order valence-corrected chi connectivity index (χ3v) is 3.83. The summed E-state index contributed by atoms with van der Waals surface area (Å²) in [6, 6.07) is 3.60. The summed E-state index contributed by atoms with van der Waals surface area (Å²) in [7, 11) is 0. The van der Waals surface area contributed by atoms with Gasteiger partial charge in [0, 0.05) is 12.0 Å². The number of furan rings is 1. The quantitative estimate of drug-likeness (QED) is 0.748. The first-order chi connectivity index (χ1) is 10.3. The predicted molar refractivity (Wildman–Crippen MR) is 84.0 cm³/mol. The lowest BCUT2D eigenvalue weighted by Crippen LogP contribution is -2.39. The summed E-state index contributed by atoms with van der Waals surface area (Å²) in [5.74, 6) is 0.0324. The van der Waals surface area contributed by atoms with Crippen LogP contribution in [-0.2, 0) is 20.9 Å². The number of carbonyl (C=O) groups is 2. The third kappa shape index (κ3) is 5.20. The highest BCUT2D eigenvalue weighted by atomic mass is 16.5. The molecule has 0 aliphatic rings. The summed E-state index contributed by atoms with van der Waals surface area (Å²) in [6.45, 7) is 9.57. The summed E-state index contributed by atoms with van der Waals surface area (Å²) in [4.78, 5) is 24.4. The highest BCUT2D eigenvalue weighted by Gasteiger charge is 2.36. The van der Waals surface area contributed by atoms with Gasteiger partial charge in [-0.1, -0.05) is 13.8 Å². The van der Waals surface area contributed by atoms with E-state index >= 15 is 0 Å². The first-order valence-corrected chi connectivity index (χ1v) is 7.78. The lowest BCUT2D eigenvalue weighted by atomic mass is 9.79. The molecule has 0 fully saturated rings. The maximum absolute atomic E-state index is 12.4. The van der Waals surface area contributed by atoms with Crippen LogP contribution in [-0.4, -0.2) is 17.9 Å². The molecule has 1 amide bonds. The first kappa shape index (κ1) is 18.3. The number of amides is 1. The van der Waals surface area contributed by atoms with Crippen LogP contribution in [0.3, 0.4) is 0 Å². The zero-order valence-corrected chi connectivity index (χ0v) is 14.1. The summed E-state index contributed by atoms with van der Waals surface area (Å²) < 4.78 is 10.5. The largest absolute Gasteiger partial charge is 0.466 e. The summed E-state index contributed by atoms with van der Waals surface area (Å²) in [5.41, 5.74) is -0.680. The van der Waals surface area contributed by atoms with Gasteiger partial charge in [0.25, 0.3) is 0 Å². The second-order valence-corrected chi connectivity index (χ2v) is 6.34. The molecule has 124 valence electrons. The van der Waals surface area contributed by atoms with Crippen molar-refractivity contribution in [2.75, 3.05) is 0 Å². The van der Waals surface area contributed by atoms with Gasteiger partial charge in [-0.25, -0.2) is 0 Å². The minimum Gasteiger partial charge on any atom is -0.466 e. The molecule has 0 aliphatic carbocycles. The Balaban J connectivity index is 2.61. The fourth-order valence-electron chi connectivity index (χ4n) is 2.27. The Morgan fingerprint density at radius 3 is 2.55 bits per heavy atom. The second-order valence-electron chi connectivity index (χ2n) is 6.34. The van der Waals surface area contributed by atoms with Crippen LogP contribution in [0, 0.1) is 11.3 Å².